The maximum absolute atomic E-state index is 4.84. The summed E-state index contributed by atoms with van der Waals surface area (Å²) in [6, 6.07) is 0. The summed E-state index contributed by atoms with van der Waals surface area (Å²) in [6.45, 7) is 7.39. The first-order valence-electron chi connectivity index (χ1n) is 7.83. The maximum Gasteiger partial charge on any atom is 0.191 e. The molecule has 2 saturated carbocycles. The van der Waals surface area contributed by atoms with Crippen LogP contribution in [-0.2, 0) is 0 Å². The molecule has 0 atom stereocenters. The van der Waals surface area contributed by atoms with Crippen molar-refractivity contribution < 1.29 is 0 Å². The van der Waals surface area contributed by atoms with Crippen molar-refractivity contribution in [3.8, 4) is 0 Å². The molecule has 2 aliphatic rings. The van der Waals surface area contributed by atoms with Gasteiger partial charge in [-0.15, -0.1) is 24.0 Å². The van der Waals surface area contributed by atoms with Gasteiger partial charge >= 0.3 is 0 Å². The lowest BCUT2D eigenvalue weighted by Crippen LogP contribution is -2.41. The summed E-state index contributed by atoms with van der Waals surface area (Å²) in [7, 11) is 0. The molecular formula is C15H30IN3. The molecule has 0 saturated heterocycles. The van der Waals surface area contributed by atoms with Crippen molar-refractivity contribution in [1.29, 1.82) is 0 Å². The first kappa shape index (κ1) is 17.1. The average Bonchev–Trinajstić information content (AvgIpc) is 3.12. The van der Waals surface area contributed by atoms with Crippen LogP contribution >= 0.6 is 24.0 Å². The van der Waals surface area contributed by atoms with Gasteiger partial charge in [-0.1, -0.05) is 19.8 Å². The highest BCUT2D eigenvalue weighted by molar-refractivity contribution is 14.0. The Morgan fingerprint density at radius 2 is 1.95 bits per heavy atom. The van der Waals surface area contributed by atoms with Crippen molar-refractivity contribution in [2.75, 3.05) is 19.6 Å². The quantitative estimate of drug-likeness (QED) is 0.307. The molecule has 2 rings (SSSR count). The molecule has 0 unspecified atom stereocenters. The summed E-state index contributed by atoms with van der Waals surface area (Å²) in [4.78, 5) is 4.84. The van der Waals surface area contributed by atoms with E-state index in [1.807, 2.05) is 0 Å². The molecule has 0 aromatic rings. The second kappa shape index (κ2) is 8.32. The lowest BCUT2D eigenvalue weighted by Gasteiger charge is -2.41. The van der Waals surface area contributed by atoms with Gasteiger partial charge in [0.05, 0.1) is 0 Å². The minimum absolute atomic E-state index is 0. The number of nitrogens with zero attached hydrogens (tertiary/aromatic N) is 1. The predicted octanol–water partition coefficient (Wildman–Crippen LogP) is 3.54. The van der Waals surface area contributed by atoms with E-state index in [1.54, 1.807) is 0 Å². The lowest BCUT2D eigenvalue weighted by molar-refractivity contribution is 0.113. The van der Waals surface area contributed by atoms with E-state index in [9.17, 15) is 0 Å². The SMILES string of the molecule is CCCCNC(=NCC1(C2CC2)CCC1)NCC.I. The number of unbranched alkanes of at least 4 members (excludes halogenated alkanes) is 1. The van der Waals surface area contributed by atoms with Crippen LogP contribution in [0.3, 0.4) is 0 Å². The third-order valence-electron chi connectivity index (χ3n) is 4.51. The summed E-state index contributed by atoms with van der Waals surface area (Å²) < 4.78 is 0. The minimum atomic E-state index is 0. The largest absolute Gasteiger partial charge is 0.357 e. The predicted molar refractivity (Wildman–Crippen MR) is 93.3 cm³/mol. The Balaban J connectivity index is 0.00000180. The number of hydrogen-bond donors (Lipinski definition) is 2. The number of hydrogen-bond acceptors (Lipinski definition) is 1. The third kappa shape index (κ3) is 4.80. The molecule has 3 nitrogen and oxygen atoms in total. The van der Waals surface area contributed by atoms with Crippen molar-refractivity contribution in [1.82, 2.24) is 10.6 Å². The van der Waals surface area contributed by atoms with Gasteiger partial charge in [0.15, 0.2) is 5.96 Å². The Hall–Kier alpha value is 0. The van der Waals surface area contributed by atoms with Crippen LogP contribution in [0.25, 0.3) is 0 Å². The zero-order chi connectivity index (χ0) is 12.8. The van der Waals surface area contributed by atoms with E-state index >= 15 is 0 Å². The van der Waals surface area contributed by atoms with E-state index in [4.69, 9.17) is 4.99 Å². The Kier molecular flexibility index (Phi) is 7.47. The smallest absolute Gasteiger partial charge is 0.191 e. The van der Waals surface area contributed by atoms with Gasteiger partial charge in [-0.05, 0) is 50.4 Å². The summed E-state index contributed by atoms with van der Waals surface area (Å²) in [6.07, 6.45) is 9.61. The Bertz CT molecular complexity index is 283. The molecule has 0 bridgehead atoms. The minimum Gasteiger partial charge on any atom is -0.357 e. The first-order chi connectivity index (χ1) is 8.80. The summed E-state index contributed by atoms with van der Waals surface area (Å²) >= 11 is 0. The molecule has 0 aromatic carbocycles. The number of guanidine groups is 1. The summed E-state index contributed by atoms with van der Waals surface area (Å²) in [5, 5.41) is 6.80. The molecule has 19 heavy (non-hydrogen) atoms. The first-order valence-corrected chi connectivity index (χ1v) is 7.83. The van der Waals surface area contributed by atoms with Gasteiger partial charge in [-0.3, -0.25) is 4.99 Å². The van der Waals surface area contributed by atoms with Crippen LogP contribution in [0.15, 0.2) is 4.99 Å². The van der Waals surface area contributed by atoms with E-state index in [0.717, 1.165) is 31.5 Å². The lowest BCUT2D eigenvalue weighted by atomic mass is 9.65. The van der Waals surface area contributed by atoms with Crippen LogP contribution in [-0.4, -0.2) is 25.6 Å². The monoisotopic (exact) mass is 379 g/mol. The molecule has 2 N–H and O–H groups in total. The van der Waals surface area contributed by atoms with E-state index in [-0.39, 0.29) is 24.0 Å². The Labute approximate surface area is 135 Å². The highest BCUT2D eigenvalue weighted by Crippen LogP contribution is 2.57. The van der Waals surface area contributed by atoms with Gasteiger partial charge in [-0.2, -0.15) is 0 Å². The van der Waals surface area contributed by atoms with E-state index in [2.05, 4.69) is 24.5 Å². The van der Waals surface area contributed by atoms with Crippen LogP contribution in [0.2, 0.25) is 0 Å². The standard InChI is InChI=1S/C15H29N3.HI/c1-3-5-11-17-14(16-4-2)18-12-15(9-6-10-15)13-7-8-13;/h13H,3-12H2,1-2H3,(H2,16,17,18);1H. The molecule has 0 amide bonds. The molecule has 0 spiro atoms. The van der Waals surface area contributed by atoms with E-state index in [0.29, 0.717) is 5.41 Å². The van der Waals surface area contributed by atoms with Gasteiger partial charge in [-0.25, -0.2) is 0 Å². The van der Waals surface area contributed by atoms with Crippen LogP contribution < -0.4 is 10.6 Å². The highest BCUT2D eigenvalue weighted by Gasteiger charge is 2.48. The topological polar surface area (TPSA) is 36.4 Å². The van der Waals surface area contributed by atoms with Crippen LogP contribution in [0.5, 0.6) is 0 Å². The van der Waals surface area contributed by atoms with Gasteiger partial charge in [0.25, 0.3) is 0 Å². The molecule has 112 valence electrons. The Morgan fingerprint density at radius 3 is 2.42 bits per heavy atom. The zero-order valence-corrected chi connectivity index (χ0v) is 14.8. The van der Waals surface area contributed by atoms with E-state index in [1.165, 1.54) is 44.9 Å². The number of aliphatic imine (C=N–C) groups is 1. The fraction of sp³-hybridized carbons (Fsp3) is 0.933. The zero-order valence-electron chi connectivity index (χ0n) is 12.5. The van der Waals surface area contributed by atoms with Crippen molar-refractivity contribution >= 4 is 29.9 Å². The number of nitrogens with one attached hydrogen (secondary N) is 2. The van der Waals surface area contributed by atoms with Gasteiger partial charge in [0.1, 0.15) is 0 Å². The average molecular weight is 379 g/mol. The van der Waals surface area contributed by atoms with Crippen molar-refractivity contribution in [2.45, 2.75) is 58.8 Å². The van der Waals surface area contributed by atoms with Gasteiger partial charge < -0.3 is 10.6 Å². The van der Waals surface area contributed by atoms with Crippen molar-refractivity contribution in [3.63, 3.8) is 0 Å². The molecule has 0 radical (unpaired) electrons. The molecular weight excluding hydrogens is 349 g/mol. The summed E-state index contributed by atoms with van der Waals surface area (Å²) in [5.74, 6) is 2.02. The van der Waals surface area contributed by atoms with Crippen molar-refractivity contribution in [2.24, 2.45) is 16.3 Å². The molecule has 4 heteroatoms. The second-order valence-electron chi connectivity index (χ2n) is 5.97. The highest BCUT2D eigenvalue weighted by atomic mass is 127. The third-order valence-corrected chi connectivity index (χ3v) is 4.51. The Morgan fingerprint density at radius 1 is 1.21 bits per heavy atom. The second-order valence-corrected chi connectivity index (χ2v) is 5.97. The molecule has 0 aromatic heterocycles. The van der Waals surface area contributed by atoms with Gasteiger partial charge in [0, 0.05) is 19.6 Å². The van der Waals surface area contributed by atoms with Crippen LogP contribution in [0.4, 0.5) is 0 Å². The molecule has 2 fully saturated rings. The van der Waals surface area contributed by atoms with E-state index < -0.39 is 0 Å². The number of halogens is 1. The fourth-order valence-electron chi connectivity index (χ4n) is 2.98. The molecule has 0 aliphatic heterocycles. The summed E-state index contributed by atoms with van der Waals surface area (Å²) in [5.41, 5.74) is 0.590. The van der Waals surface area contributed by atoms with Crippen molar-refractivity contribution in [3.05, 3.63) is 0 Å². The normalized spacial score (nSPS) is 21.3. The molecule has 0 heterocycles. The van der Waals surface area contributed by atoms with Crippen LogP contribution in [0, 0.1) is 11.3 Å². The molecule has 2 aliphatic carbocycles. The fourth-order valence-corrected chi connectivity index (χ4v) is 2.98. The maximum atomic E-state index is 4.84. The van der Waals surface area contributed by atoms with Gasteiger partial charge in [0.2, 0.25) is 0 Å². The van der Waals surface area contributed by atoms with Crippen LogP contribution in [0.1, 0.15) is 58.8 Å². The number of rotatable bonds is 7.